The lowest BCUT2D eigenvalue weighted by molar-refractivity contribution is -0.141. The second-order valence-electron chi connectivity index (χ2n) is 9.30. The van der Waals surface area contributed by atoms with Crippen LogP contribution < -0.4 is 14.8 Å². The molecule has 1 atom stereocenters. The van der Waals surface area contributed by atoms with Crippen molar-refractivity contribution in [3.63, 3.8) is 0 Å². The highest BCUT2D eigenvalue weighted by molar-refractivity contribution is 6.32. The first-order valence-electron chi connectivity index (χ1n) is 12.2. The number of hydrogen-bond acceptors (Lipinski definition) is 7. The van der Waals surface area contributed by atoms with Gasteiger partial charge in [0.2, 0.25) is 0 Å². The smallest absolute Gasteiger partial charge is 0.342 e. The zero-order chi connectivity index (χ0) is 26.9. The van der Waals surface area contributed by atoms with Gasteiger partial charge in [-0.2, -0.15) is 0 Å². The minimum Gasteiger partial charge on any atom is -0.493 e. The molecule has 0 bridgehead atoms. The van der Waals surface area contributed by atoms with Gasteiger partial charge in [-0.25, -0.2) is 4.79 Å². The standard InChI is InChI=1S/C28H27ClN4O5/c1-4-6-22(34)33-13-11-28(33,2)16-38-21-15-30-12-9-17(21)24-25(23-19(31-24)10-14-37-27(23)35)32-20-8-5-7-18(29)26(20)36-3/h5,7-9,12,15,31-32H,10-11,13-14,16H2,1-3H3/t28-/m1/s1. The number of aromatic nitrogens is 2. The molecule has 0 saturated carbocycles. The number of amides is 1. The summed E-state index contributed by atoms with van der Waals surface area (Å²) in [5, 5.41) is 3.77. The molecule has 196 valence electrons. The number of ether oxygens (including phenoxy) is 3. The third kappa shape index (κ3) is 4.52. The fourth-order valence-corrected chi connectivity index (χ4v) is 5.02. The maximum Gasteiger partial charge on any atom is 0.342 e. The van der Waals surface area contributed by atoms with Gasteiger partial charge < -0.3 is 29.4 Å². The van der Waals surface area contributed by atoms with Gasteiger partial charge in [0, 0.05) is 30.4 Å². The summed E-state index contributed by atoms with van der Waals surface area (Å²) >= 11 is 6.35. The van der Waals surface area contributed by atoms with Gasteiger partial charge in [0.25, 0.3) is 5.91 Å². The molecule has 1 amide bonds. The summed E-state index contributed by atoms with van der Waals surface area (Å²) in [7, 11) is 1.53. The van der Waals surface area contributed by atoms with E-state index in [9.17, 15) is 9.59 Å². The maximum absolute atomic E-state index is 12.9. The Balaban J connectivity index is 1.53. The number of esters is 1. The van der Waals surface area contributed by atoms with E-state index < -0.39 is 11.5 Å². The topological polar surface area (TPSA) is 106 Å². The van der Waals surface area contributed by atoms with Gasteiger partial charge in [0.1, 0.15) is 17.9 Å². The number of pyridine rings is 1. The lowest BCUT2D eigenvalue weighted by Crippen LogP contribution is -2.63. The molecule has 0 unspecified atom stereocenters. The second kappa shape index (κ2) is 10.3. The molecular formula is C28H27ClN4O5. The van der Waals surface area contributed by atoms with Gasteiger partial charge in [0.15, 0.2) is 5.75 Å². The fraction of sp³-hybridized carbons (Fsp3) is 0.321. The van der Waals surface area contributed by atoms with Gasteiger partial charge in [-0.1, -0.05) is 23.6 Å². The van der Waals surface area contributed by atoms with Crippen molar-refractivity contribution in [3.8, 4) is 34.6 Å². The van der Waals surface area contributed by atoms with E-state index in [0.717, 1.165) is 12.1 Å². The molecule has 0 radical (unpaired) electrons. The summed E-state index contributed by atoms with van der Waals surface area (Å²) in [6.07, 6.45) is 4.61. The van der Waals surface area contributed by atoms with Crippen LogP contribution in [-0.2, 0) is 16.0 Å². The van der Waals surface area contributed by atoms with Crippen LogP contribution in [0.25, 0.3) is 11.3 Å². The first-order valence-corrected chi connectivity index (χ1v) is 12.6. The normalized spacial score (nSPS) is 17.9. The van der Waals surface area contributed by atoms with E-state index in [1.54, 1.807) is 36.4 Å². The predicted octanol–water partition coefficient (Wildman–Crippen LogP) is 4.59. The van der Waals surface area contributed by atoms with Crippen molar-refractivity contribution in [2.24, 2.45) is 0 Å². The number of halogens is 1. The van der Waals surface area contributed by atoms with E-state index in [1.807, 2.05) is 19.1 Å². The summed E-state index contributed by atoms with van der Waals surface area (Å²) < 4.78 is 17.1. The van der Waals surface area contributed by atoms with E-state index in [-0.39, 0.29) is 19.1 Å². The van der Waals surface area contributed by atoms with E-state index in [1.165, 1.54) is 7.11 Å². The summed E-state index contributed by atoms with van der Waals surface area (Å²) in [5.74, 6) is 5.58. The highest BCUT2D eigenvalue weighted by Crippen LogP contribution is 2.43. The number of hydrogen-bond donors (Lipinski definition) is 2. The third-order valence-electron chi connectivity index (χ3n) is 6.89. The Hall–Kier alpha value is -4.16. The van der Waals surface area contributed by atoms with Gasteiger partial charge >= 0.3 is 5.97 Å². The first kappa shape index (κ1) is 25.5. The zero-order valence-electron chi connectivity index (χ0n) is 21.3. The average Bonchev–Trinajstić information content (AvgIpc) is 3.26. The average molecular weight is 535 g/mol. The monoisotopic (exact) mass is 534 g/mol. The molecular weight excluding hydrogens is 508 g/mol. The van der Waals surface area contributed by atoms with Crippen LogP contribution in [0.4, 0.5) is 11.4 Å². The number of cyclic esters (lactones) is 1. The van der Waals surface area contributed by atoms with Crippen molar-refractivity contribution in [2.75, 3.05) is 32.2 Å². The van der Waals surface area contributed by atoms with Crippen LogP contribution in [0.1, 0.15) is 36.3 Å². The number of rotatable bonds is 7. The Morgan fingerprint density at radius 1 is 1.37 bits per heavy atom. The largest absolute Gasteiger partial charge is 0.493 e. The summed E-state index contributed by atoms with van der Waals surface area (Å²) in [6, 6.07) is 7.14. The zero-order valence-corrected chi connectivity index (χ0v) is 22.1. The van der Waals surface area contributed by atoms with E-state index in [4.69, 9.17) is 25.8 Å². The minimum absolute atomic E-state index is 0.214. The van der Waals surface area contributed by atoms with Crippen LogP contribution in [0.5, 0.6) is 11.5 Å². The number of nitrogens with zero attached hydrogens (tertiary/aromatic N) is 2. The van der Waals surface area contributed by atoms with Gasteiger partial charge in [-0.15, -0.1) is 0 Å². The van der Waals surface area contributed by atoms with E-state index >= 15 is 0 Å². The van der Waals surface area contributed by atoms with Crippen molar-refractivity contribution in [1.82, 2.24) is 14.9 Å². The Bertz CT molecular complexity index is 1470. The highest BCUT2D eigenvalue weighted by atomic mass is 35.5. The molecule has 2 aromatic heterocycles. The molecule has 10 heteroatoms. The van der Waals surface area contributed by atoms with E-state index in [0.29, 0.717) is 57.7 Å². The number of aromatic amines is 1. The van der Waals surface area contributed by atoms with E-state index in [2.05, 4.69) is 27.1 Å². The van der Waals surface area contributed by atoms with Crippen LogP contribution in [0.2, 0.25) is 5.02 Å². The highest BCUT2D eigenvalue weighted by Gasteiger charge is 2.44. The van der Waals surface area contributed by atoms with Crippen LogP contribution in [0.3, 0.4) is 0 Å². The quantitative estimate of drug-likeness (QED) is 0.337. The molecule has 2 aliphatic rings. The van der Waals surface area contributed by atoms with Crippen molar-refractivity contribution in [2.45, 2.75) is 32.2 Å². The van der Waals surface area contributed by atoms with Gasteiger partial charge in [-0.05, 0) is 44.4 Å². The number of carbonyl (C=O) groups is 2. The maximum atomic E-state index is 12.9. The van der Waals surface area contributed by atoms with Crippen molar-refractivity contribution >= 4 is 34.9 Å². The lowest BCUT2D eigenvalue weighted by Gasteiger charge is -2.49. The second-order valence-corrected chi connectivity index (χ2v) is 9.71. The molecule has 9 nitrogen and oxygen atoms in total. The summed E-state index contributed by atoms with van der Waals surface area (Å²) in [6.45, 7) is 4.80. The lowest BCUT2D eigenvalue weighted by atomic mass is 9.87. The fourth-order valence-electron chi connectivity index (χ4n) is 4.77. The SMILES string of the molecule is CC#CC(=O)N1CC[C@]1(C)COc1cnccc1-c1[nH]c2c(c1Nc1cccc(Cl)c1OC)C(=O)OCC2. The number of anilines is 2. The van der Waals surface area contributed by atoms with Gasteiger partial charge in [0.05, 0.1) is 47.5 Å². The number of para-hydroxylation sites is 1. The van der Waals surface area contributed by atoms with Crippen LogP contribution >= 0.6 is 11.6 Å². The number of likely N-dealkylation sites (tertiary alicyclic amines) is 1. The molecule has 3 aromatic rings. The number of benzene rings is 1. The summed E-state index contributed by atoms with van der Waals surface area (Å²) in [5.41, 5.74) is 3.12. The Kier molecular flexibility index (Phi) is 6.91. The molecule has 0 spiro atoms. The predicted molar refractivity (Wildman–Crippen MR) is 143 cm³/mol. The van der Waals surface area contributed by atoms with Crippen molar-refractivity contribution in [3.05, 3.63) is 52.9 Å². The molecule has 1 fully saturated rings. The Morgan fingerprint density at radius 3 is 2.95 bits per heavy atom. The van der Waals surface area contributed by atoms with Gasteiger partial charge in [-0.3, -0.25) is 9.78 Å². The summed E-state index contributed by atoms with van der Waals surface area (Å²) in [4.78, 5) is 34.6. The molecule has 0 aliphatic carbocycles. The van der Waals surface area contributed by atoms with Crippen molar-refractivity contribution < 1.29 is 23.8 Å². The number of carbonyl (C=O) groups excluding carboxylic acids is 2. The molecule has 2 N–H and O–H groups in total. The number of methoxy groups -OCH3 is 1. The Morgan fingerprint density at radius 2 is 2.21 bits per heavy atom. The first-order chi connectivity index (χ1) is 18.4. The number of fused-ring (bicyclic) bond motifs is 1. The van der Waals surface area contributed by atoms with Crippen LogP contribution in [0.15, 0.2) is 36.7 Å². The molecule has 38 heavy (non-hydrogen) atoms. The Labute approximate surface area is 225 Å². The van der Waals surface area contributed by atoms with Crippen LogP contribution in [0, 0.1) is 11.8 Å². The molecule has 5 rings (SSSR count). The van der Waals surface area contributed by atoms with Crippen LogP contribution in [-0.4, -0.2) is 59.2 Å². The van der Waals surface area contributed by atoms with Crippen molar-refractivity contribution in [1.29, 1.82) is 0 Å². The molecule has 4 heterocycles. The third-order valence-corrected chi connectivity index (χ3v) is 7.19. The molecule has 1 aromatic carbocycles. The molecule has 1 saturated heterocycles. The number of H-pyrrole nitrogens is 1. The minimum atomic E-state index is -0.484. The number of nitrogens with one attached hydrogen (secondary N) is 2. The molecule has 2 aliphatic heterocycles.